The van der Waals surface area contributed by atoms with Crippen LogP contribution in [0.25, 0.3) is 0 Å². The summed E-state index contributed by atoms with van der Waals surface area (Å²) in [5.41, 5.74) is 3.71. The fourth-order valence-corrected chi connectivity index (χ4v) is 3.51. The summed E-state index contributed by atoms with van der Waals surface area (Å²) in [6.45, 7) is 3.55. The van der Waals surface area contributed by atoms with E-state index in [1.54, 1.807) is 12.1 Å². The molecule has 3 aromatic carbocycles. The molecule has 5 heteroatoms. The second kappa shape index (κ2) is 7.80. The van der Waals surface area contributed by atoms with Gasteiger partial charge in [0.2, 0.25) is 5.91 Å². The van der Waals surface area contributed by atoms with Gasteiger partial charge >= 0.3 is 0 Å². The number of aromatic hydroxyl groups is 1. The molecule has 1 amide bonds. The molecule has 0 saturated carbocycles. The molecule has 0 aromatic heterocycles. The van der Waals surface area contributed by atoms with Gasteiger partial charge < -0.3 is 9.84 Å². The van der Waals surface area contributed by atoms with Crippen LogP contribution in [0.3, 0.4) is 0 Å². The van der Waals surface area contributed by atoms with E-state index < -0.39 is 0 Å². The molecule has 0 aliphatic carbocycles. The van der Waals surface area contributed by atoms with Gasteiger partial charge in [-0.25, -0.2) is 5.01 Å². The highest BCUT2D eigenvalue weighted by molar-refractivity contribution is 6.03. The highest BCUT2D eigenvalue weighted by Crippen LogP contribution is 2.36. The molecule has 0 spiro atoms. The summed E-state index contributed by atoms with van der Waals surface area (Å²) in [5, 5.41) is 16.5. The molecule has 1 aliphatic heterocycles. The number of para-hydroxylation sites is 1. The summed E-state index contributed by atoms with van der Waals surface area (Å²) in [6, 6.07) is 22.5. The van der Waals surface area contributed by atoms with Crippen LogP contribution < -0.4 is 4.74 Å². The van der Waals surface area contributed by atoms with Gasteiger partial charge in [-0.3, -0.25) is 4.79 Å². The van der Waals surface area contributed by atoms with Crippen molar-refractivity contribution in [3.05, 3.63) is 89.5 Å². The predicted octanol–water partition coefficient (Wildman–Crippen LogP) is 5.19. The Kier molecular flexibility index (Phi) is 5.04. The Morgan fingerprint density at radius 1 is 1.07 bits per heavy atom. The third-order valence-corrected chi connectivity index (χ3v) is 4.92. The Morgan fingerprint density at radius 3 is 2.55 bits per heavy atom. The van der Waals surface area contributed by atoms with Gasteiger partial charge in [-0.2, -0.15) is 5.10 Å². The molecule has 1 aliphatic rings. The van der Waals surface area contributed by atoms with E-state index in [0.29, 0.717) is 17.9 Å². The number of nitrogens with zero attached hydrogens (tertiary/aromatic N) is 2. The van der Waals surface area contributed by atoms with Gasteiger partial charge in [0.05, 0.1) is 11.8 Å². The molecule has 3 aromatic rings. The van der Waals surface area contributed by atoms with Gasteiger partial charge in [0.1, 0.15) is 5.75 Å². The van der Waals surface area contributed by atoms with Crippen molar-refractivity contribution in [1.82, 2.24) is 5.01 Å². The van der Waals surface area contributed by atoms with Crippen LogP contribution in [-0.2, 0) is 4.79 Å². The van der Waals surface area contributed by atoms with E-state index in [4.69, 9.17) is 4.74 Å². The zero-order valence-corrected chi connectivity index (χ0v) is 16.4. The zero-order valence-electron chi connectivity index (χ0n) is 16.4. The Bertz CT molecular complexity index is 1080. The number of hydrogen-bond acceptors (Lipinski definition) is 4. The SMILES string of the molecule is CC(=O)N1N=C(c2ccc(Oc3ccccc3)c(O)c2)CC1c1cccc(C)c1. The van der Waals surface area contributed by atoms with E-state index in [9.17, 15) is 9.90 Å². The lowest BCUT2D eigenvalue weighted by molar-refractivity contribution is -0.130. The number of hydrogen-bond donors (Lipinski definition) is 1. The van der Waals surface area contributed by atoms with E-state index in [0.717, 1.165) is 22.4 Å². The average Bonchev–Trinajstić information content (AvgIpc) is 3.16. The third kappa shape index (κ3) is 3.99. The minimum Gasteiger partial charge on any atom is -0.504 e. The van der Waals surface area contributed by atoms with Crippen LogP contribution in [0.1, 0.15) is 36.1 Å². The second-order valence-corrected chi connectivity index (χ2v) is 7.14. The number of rotatable bonds is 4. The van der Waals surface area contributed by atoms with Gasteiger partial charge in [-0.05, 0) is 42.8 Å². The van der Waals surface area contributed by atoms with Crippen LogP contribution in [0.2, 0.25) is 0 Å². The van der Waals surface area contributed by atoms with Crippen molar-refractivity contribution in [2.75, 3.05) is 0 Å². The summed E-state index contributed by atoms with van der Waals surface area (Å²) in [6.07, 6.45) is 0.585. The van der Waals surface area contributed by atoms with E-state index in [1.807, 2.05) is 61.5 Å². The molecule has 146 valence electrons. The molecule has 1 heterocycles. The first kappa shape index (κ1) is 18.7. The van der Waals surface area contributed by atoms with Crippen LogP contribution in [0.15, 0.2) is 77.9 Å². The van der Waals surface area contributed by atoms with Crippen LogP contribution in [0.5, 0.6) is 17.2 Å². The normalized spacial score (nSPS) is 15.9. The number of phenols is 1. The van der Waals surface area contributed by atoms with Gasteiger partial charge in [0.25, 0.3) is 0 Å². The van der Waals surface area contributed by atoms with Crippen molar-refractivity contribution in [2.45, 2.75) is 26.3 Å². The number of benzene rings is 3. The average molecular weight is 386 g/mol. The number of carbonyl (C=O) groups excluding carboxylic acids is 1. The highest BCUT2D eigenvalue weighted by atomic mass is 16.5. The first-order chi connectivity index (χ1) is 14.0. The molecular weight excluding hydrogens is 364 g/mol. The number of carbonyl (C=O) groups is 1. The van der Waals surface area contributed by atoms with Gasteiger partial charge in [0.15, 0.2) is 11.5 Å². The van der Waals surface area contributed by atoms with Crippen molar-refractivity contribution in [3.63, 3.8) is 0 Å². The first-order valence-electron chi connectivity index (χ1n) is 9.51. The second-order valence-electron chi connectivity index (χ2n) is 7.14. The molecule has 0 bridgehead atoms. The summed E-state index contributed by atoms with van der Waals surface area (Å²) in [5.74, 6) is 0.940. The van der Waals surface area contributed by atoms with Crippen LogP contribution >= 0.6 is 0 Å². The lowest BCUT2D eigenvalue weighted by Crippen LogP contribution is -2.24. The Morgan fingerprint density at radius 2 is 1.86 bits per heavy atom. The smallest absolute Gasteiger partial charge is 0.240 e. The number of amides is 1. The molecule has 0 fully saturated rings. The Balaban J connectivity index is 1.60. The number of phenolic OH excluding ortho intramolecular Hbond substituents is 1. The predicted molar refractivity (Wildman–Crippen MR) is 112 cm³/mol. The molecule has 1 unspecified atom stereocenters. The maximum absolute atomic E-state index is 12.2. The van der Waals surface area contributed by atoms with Crippen LogP contribution in [0, 0.1) is 6.92 Å². The standard InChI is InChI=1S/C24H22N2O3/c1-16-7-6-8-19(13-16)22-15-21(25-26(22)17(2)27)18-11-12-24(23(28)14-18)29-20-9-4-3-5-10-20/h3-14,22,28H,15H2,1-2H3. The third-order valence-electron chi connectivity index (χ3n) is 4.92. The van der Waals surface area contributed by atoms with E-state index in [1.165, 1.54) is 11.9 Å². The molecule has 1 atom stereocenters. The fraction of sp³-hybridized carbons (Fsp3) is 0.167. The molecule has 0 radical (unpaired) electrons. The Labute approximate surface area is 169 Å². The van der Waals surface area contributed by atoms with E-state index in [2.05, 4.69) is 11.2 Å². The minimum absolute atomic E-state index is 0.0300. The molecule has 4 rings (SSSR count). The van der Waals surface area contributed by atoms with Crippen LogP contribution in [0.4, 0.5) is 0 Å². The zero-order chi connectivity index (χ0) is 20.4. The van der Waals surface area contributed by atoms with Gasteiger partial charge in [-0.1, -0.05) is 48.0 Å². The largest absolute Gasteiger partial charge is 0.504 e. The van der Waals surface area contributed by atoms with Gasteiger partial charge in [0, 0.05) is 18.9 Å². The fourth-order valence-electron chi connectivity index (χ4n) is 3.51. The summed E-state index contributed by atoms with van der Waals surface area (Å²) < 4.78 is 5.74. The molecular formula is C24H22N2O3. The number of hydrazone groups is 1. The van der Waals surface area contributed by atoms with Crippen molar-refractivity contribution in [2.24, 2.45) is 5.10 Å². The minimum atomic E-state index is -0.148. The lowest BCUT2D eigenvalue weighted by Gasteiger charge is -2.20. The number of aryl methyl sites for hydroxylation is 1. The maximum atomic E-state index is 12.2. The first-order valence-corrected chi connectivity index (χ1v) is 9.51. The lowest BCUT2D eigenvalue weighted by atomic mass is 9.97. The van der Waals surface area contributed by atoms with E-state index >= 15 is 0 Å². The maximum Gasteiger partial charge on any atom is 0.240 e. The van der Waals surface area contributed by atoms with E-state index in [-0.39, 0.29) is 17.7 Å². The molecule has 29 heavy (non-hydrogen) atoms. The topological polar surface area (TPSA) is 62.1 Å². The summed E-state index contributed by atoms with van der Waals surface area (Å²) in [7, 11) is 0. The van der Waals surface area contributed by atoms with Crippen molar-refractivity contribution < 1.29 is 14.6 Å². The monoisotopic (exact) mass is 386 g/mol. The quantitative estimate of drug-likeness (QED) is 0.671. The van der Waals surface area contributed by atoms with Crippen molar-refractivity contribution >= 4 is 11.6 Å². The summed E-state index contributed by atoms with van der Waals surface area (Å²) >= 11 is 0. The van der Waals surface area contributed by atoms with Gasteiger partial charge in [-0.15, -0.1) is 0 Å². The molecule has 0 saturated heterocycles. The molecule has 1 N–H and O–H groups in total. The number of ether oxygens (including phenoxy) is 1. The Hall–Kier alpha value is -3.60. The van der Waals surface area contributed by atoms with Crippen LogP contribution in [-0.4, -0.2) is 21.7 Å². The molecule has 5 nitrogen and oxygen atoms in total. The highest BCUT2D eigenvalue weighted by Gasteiger charge is 2.31. The van der Waals surface area contributed by atoms with Crippen molar-refractivity contribution in [1.29, 1.82) is 0 Å². The van der Waals surface area contributed by atoms with Crippen molar-refractivity contribution in [3.8, 4) is 17.2 Å². The summed E-state index contributed by atoms with van der Waals surface area (Å²) in [4.78, 5) is 12.2.